The molecule has 1 saturated heterocycles. The van der Waals surface area contributed by atoms with Crippen molar-refractivity contribution in [2.24, 2.45) is 0 Å². The van der Waals surface area contributed by atoms with E-state index in [1.165, 1.54) is 11.0 Å². The minimum atomic E-state index is -3.32. The molecule has 1 fully saturated rings. The van der Waals surface area contributed by atoms with Crippen molar-refractivity contribution in [1.29, 1.82) is 0 Å². The van der Waals surface area contributed by atoms with E-state index in [4.69, 9.17) is 4.74 Å². The van der Waals surface area contributed by atoms with Crippen molar-refractivity contribution < 1.29 is 22.3 Å². The van der Waals surface area contributed by atoms with E-state index in [2.05, 4.69) is 21.9 Å². The average molecular weight is 583 g/mol. The fraction of sp³-hybridized carbons (Fsp3) is 0.387. The molecule has 3 aromatic carbocycles. The molecule has 8 nitrogen and oxygen atoms in total. The largest absolute Gasteiger partial charge is 0.457 e. The maximum absolute atomic E-state index is 14.7. The number of unbranched alkanes of at least 4 members (excludes halogenated alkanes) is 1. The molecule has 41 heavy (non-hydrogen) atoms. The van der Waals surface area contributed by atoms with Crippen molar-refractivity contribution in [3.63, 3.8) is 0 Å². The third-order valence-corrected chi connectivity index (χ3v) is 7.62. The van der Waals surface area contributed by atoms with Gasteiger partial charge in [-0.3, -0.25) is 14.5 Å². The first-order valence-corrected chi connectivity index (χ1v) is 15.9. The van der Waals surface area contributed by atoms with E-state index in [-0.39, 0.29) is 17.9 Å². The summed E-state index contributed by atoms with van der Waals surface area (Å²) >= 11 is 0. The van der Waals surface area contributed by atoms with Gasteiger partial charge < -0.3 is 10.1 Å². The van der Waals surface area contributed by atoms with Crippen LogP contribution in [0.2, 0.25) is 0 Å². The number of nitrogens with zero attached hydrogens (tertiary/aromatic N) is 2. The van der Waals surface area contributed by atoms with Gasteiger partial charge in [-0.25, -0.2) is 17.6 Å². The smallest absolute Gasteiger partial charge is 0.322 e. The molecule has 0 aromatic heterocycles. The lowest BCUT2D eigenvalue weighted by atomic mass is 10.0. The lowest BCUT2D eigenvalue weighted by molar-refractivity contribution is 0.188. The molecule has 0 spiro atoms. The van der Waals surface area contributed by atoms with E-state index in [9.17, 15) is 17.6 Å². The zero-order chi connectivity index (χ0) is 29.4. The molecule has 1 heterocycles. The van der Waals surface area contributed by atoms with Crippen molar-refractivity contribution in [2.45, 2.75) is 52.1 Å². The summed E-state index contributed by atoms with van der Waals surface area (Å²) in [6.45, 7) is 6.87. The first-order chi connectivity index (χ1) is 19.6. The molecule has 0 bridgehead atoms. The van der Waals surface area contributed by atoms with E-state index >= 15 is 0 Å². The standard InChI is InChI=1S/C31H39FN4O4S/c1-4-5-18-36(30-15-6-23(2)21-29(30)32)31(37)33-25-16-19-35(20-17-25)22-24-7-11-27(12-8-24)40-28-13-9-26(10-14-28)34-41(3,38)39/h6-15,21,25,34H,4-5,16-20,22H2,1-3H3,(H,33,37). The zero-order valence-electron chi connectivity index (χ0n) is 23.9. The lowest BCUT2D eigenvalue weighted by Gasteiger charge is -2.34. The fourth-order valence-corrected chi connectivity index (χ4v) is 5.39. The predicted octanol–water partition coefficient (Wildman–Crippen LogP) is 6.28. The number of amides is 2. The van der Waals surface area contributed by atoms with Gasteiger partial charge in [0.05, 0.1) is 11.9 Å². The monoisotopic (exact) mass is 582 g/mol. The number of rotatable bonds is 11. The Labute approximate surface area is 242 Å². The minimum Gasteiger partial charge on any atom is -0.457 e. The average Bonchev–Trinajstić information content (AvgIpc) is 2.92. The molecule has 220 valence electrons. The van der Waals surface area contributed by atoms with Gasteiger partial charge in [-0.05, 0) is 85.8 Å². The maximum atomic E-state index is 14.7. The summed E-state index contributed by atoms with van der Waals surface area (Å²) in [6.07, 6.45) is 4.49. The Balaban J connectivity index is 1.25. The molecule has 0 radical (unpaired) electrons. The van der Waals surface area contributed by atoms with E-state index in [0.29, 0.717) is 29.4 Å². The Hall–Kier alpha value is -3.63. The SMILES string of the molecule is CCCCN(C(=O)NC1CCN(Cc2ccc(Oc3ccc(NS(C)(=O)=O)cc3)cc2)CC1)c1ccc(C)cc1F. The highest BCUT2D eigenvalue weighted by atomic mass is 32.2. The number of carbonyl (C=O) groups excluding carboxylic acids is 1. The number of ether oxygens (including phenoxy) is 1. The van der Waals surface area contributed by atoms with Gasteiger partial charge in [0.2, 0.25) is 10.0 Å². The summed E-state index contributed by atoms with van der Waals surface area (Å²) in [4.78, 5) is 17.1. The molecular weight excluding hydrogens is 543 g/mol. The van der Waals surface area contributed by atoms with Crippen LogP contribution in [0.5, 0.6) is 11.5 Å². The number of halogens is 1. The van der Waals surface area contributed by atoms with E-state index in [1.54, 1.807) is 30.3 Å². The molecule has 3 aromatic rings. The third-order valence-electron chi connectivity index (χ3n) is 7.01. The fourth-order valence-electron chi connectivity index (χ4n) is 4.83. The topological polar surface area (TPSA) is 91.0 Å². The van der Waals surface area contributed by atoms with Gasteiger partial charge in [0.25, 0.3) is 0 Å². The van der Waals surface area contributed by atoms with Gasteiger partial charge in [0.1, 0.15) is 17.3 Å². The van der Waals surface area contributed by atoms with Crippen molar-refractivity contribution >= 4 is 27.4 Å². The highest BCUT2D eigenvalue weighted by Gasteiger charge is 2.25. The number of anilines is 2. The van der Waals surface area contributed by atoms with Crippen LogP contribution in [0.4, 0.5) is 20.6 Å². The van der Waals surface area contributed by atoms with Crippen LogP contribution >= 0.6 is 0 Å². The van der Waals surface area contributed by atoms with E-state index in [0.717, 1.165) is 62.7 Å². The second kappa shape index (κ2) is 13.8. The van der Waals surface area contributed by atoms with Crippen LogP contribution in [0.1, 0.15) is 43.7 Å². The number of urea groups is 1. The molecule has 0 atom stereocenters. The van der Waals surface area contributed by atoms with Crippen LogP contribution < -0.4 is 19.7 Å². The molecule has 0 unspecified atom stereocenters. The summed E-state index contributed by atoms with van der Waals surface area (Å²) in [5.74, 6) is 0.929. The quantitative estimate of drug-likeness (QED) is 0.278. The predicted molar refractivity (Wildman–Crippen MR) is 162 cm³/mol. The van der Waals surface area contributed by atoms with Gasteiger partial charge in [-0.2, -0.15) is 0 Å². The molecule has 10 heteroatoms. The molecular formula is C31H39FN4O4S. The number of benzene rings is 3. The van der Waals surface area contributed by atoms with Crippen molar-refractivity contribution in [3.8, 4) is 11.5 Å². The number of aryl methyl sites for hydroxylation is 1. The van der Waals surface area contributed by atoms with Crippen molar-refractivity contribution in [3.05, 3.63) is 83.7 Å². The summed E-state index contributed by atoms with van der Waals surface area (Å²) in [7, 11) is -3.32. The van der Waals surface area contributed by atoms with Crippen molar-refractivity contribution in [1.82, 2.24) is 10.2 Å². The summed E-state index contributed by atoms with van der Waals surface area (Å²) < 4.78 is 45.7. The van der Waals surface area contributed by atoms with Crippen LogP contribution in [0, 0.1) is 12.7 Å². The Morgan fingerprint density at radius 2 is 1.66 bits per heavy atom. The highest BCUT2D eigenvalue weighted by Crippen LogP contribution is 2.25. The molecule has 2 N–H and O–H groups in total. The van der Waals surface area contributed by atoms with Crippen LogP contribution in [-0.4, -0.2) is 51.3 Å². The Morgan fingerprint density at radius 3 is 2.24 bits per heavy atom. The minimum absolute atomic E-state index is 0.0474. The Bertz CT molecular complexity index is 1410. The molecule has 2 amide bonds. The first-order valence-electron chi connectivity index (χ1n) is 14.0. The van der Waals surface area contributed by atoms with Gasteiger partial charge >= 0.3 is 6.03 Å². The number of hydrogen-bond acceptors (Lipinski definition) is 5. The van der Waals surface area contributed by atoms with Crippen LogP contribution in [0.3, 0.4) is 0 Å². The summed E-state index contributed by atoms with van der Waals surface area (Å²) in [5, 5.41) is 3.14. The molecule has 1 aliphatic heterocycles. The van der Waals surface area contributed by atoms with E-state index in [1.807, 2.05) is 37.3 Å². The van der Waals surface area contributed by atoms with Gasteiger partial charge in [-0.15, -0.1) is 0 Å². The van der Waals surface area contributed by atoms with Gasteiger partial charge in [0.15, 0.2) is 0 Å². The first kappa shape index (κ1) is 30.3. The van der Waals surface area contributed by atoms with Crippen LogP contribution in [0.15, 0.2) is 66.7 Å². The zero-order valence-corrected chi connectivity index (χ0v) is 24.7. The highest BCUT2D eigenvalue weighted by molar-refractivity contribution is 7.92. The van der Waals surface area contributed by atoms with Gasteiger partial charge in [0, 0.05) is 37.9 Å². The molecule has 1 aliphatic rings. The Kier molecular flexibility index (Phi) is 10.2. The number of carbonyl (C=O) groups is 1. The second-order valence-corrected chi connectivity index (χ2v) is 12.4. The number of nitrogens with one attached hydrogen (secondary N) is 2. The number of sulfonamides is 1. The maximum Gasteiger partial charge on any atom is 0.322 e. The van der Waals surface area contributed by atoms with Crippen LogP contribution in [-0.2, 0) is 16.6 Å². The lowest BCUT2D eigenvalue weighted by Crippen LogP contribution is -2.49. The normalized spacial score (nSPS) is 14.4. The Morgan fingerprint density at radius 1 is 1.02 bits per heavy atom. The number of likely N-dealkylation sites (tertiary alicyclic amines) is 1. The summed E-state index contributed by atoms with van der Waals surface area (Å²) in [5.41, 5.74) is 2.79. The van der Waals surface area contributed by atoms with Crippen molar-refractivity contribution in [2.75, 3.05) is 35.5 Å². The molecule has 0 aliphatic carbocycles. The van der Waals surface area contributed by atoms with Crippen LogP contribution in [0.25, 0.3) is 0 Å². The second-order valence-electron chi connectivity index (χ2n) is 10.6. The molecule has 4 rings (SSSR count). The van der Waals surface area contributed by atoms with E-state index < -0.39 is 10.0 Å². The number of piperidine rings is 1. The van der Waals surface area contributed by atoms with Gasteiger partial charge in [-0.1, -0.05) is 31.5 Å². The third kappa shape index (κ3) is 9.19. The summed E-state index contributed by atoms with van der Waals surface area (Å²) in [6, 6.07) is 19.4. The number of hydrogen-bond donors (Lipinski definition) is 2. The molecule has 0 saturated carbocycles.